The lowest BCUT2D eigenvalue weighted by atomic mass is 9.92. The summed E-state index contributed by atoms with van der Waals surface area (Å²) in [5, 5.41) is 10.6. The molecule has 2 aromatic rings. The quantitative estimate of drug-likeness (QED) is 0.902. The first-order valence-electron chi connectivity index (χ1n) is 7.75. The Hall–Kier alpha value is -1.85. The second-order valence-corrected chi connectivity index (χ2v) is 5.85. The average Bonchev–Trinajstić information content (AvgIpc) is 2.55. The molecular formula is C17H22N2O3. The monoisotopic (exact) mass is 302 g/mol. The molecule has 22 heavy (non-hydrogen) atoms. The number of rotatable bonds is 4. The molecule has 5 heteroatoms. The third-order valence-electron chi connectivity index (χ3n) is 4.52. The summed E-state index contributed by atoms with van der Waals surface area (Å²) in [5.74, 6) is 1.14. The zero-order valence-electron chi connectivity index (χ0n) is 12.8. The minimum atomic E-state index is -0.0343. The van der Waals surface area contributed by atoms with Crippen LogP contribution in [0.15, 0.2) is 29.1 Å². The predicted octanol–water partition coefficient (Wildman–Crippen LogP) is 1.71. The Balaban J connectivity index is 1.87. The van der Waals surface area contributed by atoms with E-state index in [-0.39, 0.29) is 12.2 Å². The summed E-state index contributed by atoms with van der Waals surface area (Å²) in [7, 11) is 1.63. The van der Waals surface area contributed by atoms with Crippen LogP contribution in [-0.2, 0) is 0 Å². The summed E-state index contributed by atoms with van der Waals surface area (Å²) >= 11 is 0. The Morgan fingerprint density at radius 2 is 2.09 bits per heavy atom. The number of ether oxygens (including phenoxy) is 1. The van der Waals surface area contributed by atoms with Crippen molar-refractivity contribution in [3.8, 4) is 5.75 Å². The maximum atomic E-state index is 12.3. The number of aromatic nitrogens is 1. The molecule has 2 heterocycles. The Morgan fingerprint density at radius 3 is 2.77 bits per heavy atom. The zero-order chi connectivity index (χ0) is 15.5. The van der Waals surface area contributed by atoms with E-state index in [1.807, 2.05) is 12.1 Å². The number of likely N-dealkylation sites (tertiary alicyclic amines) is 1. The fourth-order valence-corrected chi connectivity index (χ4v) is 3.22. The molecule has 1 aliphatic heterocycles. The Kier molecular flexibility index (Phi) is 4.45. The molecule has 0 aliphatic carbocycles. The lowest BCUT2D eigenvalue weighted by Crippen LogP contribution is -2.35. The highest BCUT2D eigenvalue weighted by Crippen LogP contribution is 2.28. The van der Waals surface area contributed by atoms with Gasteiger partial charge in [0.05, 0.1) is 13.7 Å². The number of benzene rings is 1. The van der Waals surface area contributed by atoms with Crippen LogP contribution in [0.25, 0.3) is 10.8 Å². The number of β-amino-alcohol motifs (C(OH)–C–C–N with tert-alkyl or cyclic N) is 1. The molecule has 118 valence electrons. The maximum absolute atomic E-state index is 12.3. The second kappa shape index (κ2) is 6.50. The Bertz CT molecular complexity index is 703. The molecular weight excluding hydrogens is 280 g/mol. The van der Waals surface area contributed by atoms with E-state index in [2.05, 4.69) is 16.0 Å². The lowest BCUT2D eigenvalue weighted by Gasteiger charge is -2.31. The SMILES string of the molecule is COc1ccc2c(=O)[nH]c(C3CCN(CCO)CC3)cc2c1. The van der Waals surface area contributed by atoms with Gasteiger partial charge in [-0.15, -0.1) is 0 Å². The van der Waals surface area contributed by atoms with Crippen molar-refractivity contribution in [2.45, 2.75) is 18.8 Å². The normalized spacial score (nSPS) is 17.0. The van der Waals surface area contributed by atoms with Gasteiger partial charge in [0.15, 0.2) is 0 Å². The van der Waals surface area contributed by atoms with Gasteiger partial charge < -0.3 is 19.7 Å². The molecule has 3 rings (SSSR count). The van der Waals surface area contributed by atoms with Crippen LogP contribution in [0.3, 0.4) is 0 Å². The van der Waals surface area contributed by atoms with Gasteiger partial charge in [0, 0.05) is 23.5 Å². The van der Waals surface area contributed by atoms with E-state index in [1.165, 1.54) is 0 Å². The highest BCUT2D eigenvalue weighted by molar-refractivity contribution is 5.83. The van der Waals surface area contributed by atoms with E-state index < -0.39 is 0 Å². The fraction of sp³-hybridized carbons (Fsp3) is 0.471. The number of fused-ring (bicyclic) bond motifs is 1. The van der Waals surface area contributed by atoms with Gasteiger partial charge in [-0.05, 0) is 55.6 Å². The Morgan fingerprint density at radius 1 is 1.32 bits per heavy atom. The second-order valence-electron chi connectivity index (χ2n) is 5.85. The number of hydrogen-bond donors (Lipinski definition) is 2. The van der Waals surface area contributed by atoms with Gasteiger partial charge in [0.2, 0.25) is 0 Å². The third-order valence-corrected chi connectivity index (χ3v) is 4.52. The van der Waals surface area contributed by atoms with Crippen molar-refractivity contribution in [1.29, 1.82) is 0 Å². The highest BCUT2D eigenvalue weighted by atomic mass is 16.5. The number of aliphatic hydroxyl groups excluding tert-OH is 1. The molecule has 0 radical (unpaired) electrons. The predicted molar refractivity (Wildman–Crippen MR) is 86.6 cm³/mol. The first-order chi connectivity index (χ1) is 10.7. The van der Waals surface area contributed by atoms with E-state index in [1.54, 1.807) is 13.2 Å². The summed E-state index contributed by atoms with van der Waals surface area (Å²) in [4.78, 5) is 17.6. The number of pyridine rings is 1. The minimum absolute atomic E-state index is 0.0343. The molecule has 1 aliphatic rings. The van der Waals surface area contributed by atoms with Crippen molar-refractivity contribution < 1.29 is 9.84 Å². The number of nitrogens with one attached hydrogen (secondary N) is 1. The van der Waals surface area contributed by atoms with E-state index in [0.717, 1.165) is 49.3 Å². The van der Waals surface area contributed by atoms with Crippen molar-refractivity contribution in [3.63, 3.8) is 0 Å². The highest BCUT2D eigenvalue weighted by Gasteiger charge is 2.21. The van der Waals surface area contributed by atoms with E-state index in [0.29, 0.717) is 11.3 Å². The standard InChI is InChI=1S/C17H22N2O3/c1-22-14-2-3-15-13(10-14)11-16(18-17(15)21)12-4-6-19(7-5-12)8-9-20/h2-3,10-12,20H,4-9H2,1H3,(H,18,21). The molecule has 2 N–H and O–H groups in total. The van der Waals surface area contributed by atoms with E-state index >= 15 is 0 Å². The van der Waals surface area contributed by atoms with E-state index in [9.17, 15) is 4.79 Å². The number of piperidine rings is 1. The summed E-state index contributed by atoms with van der Waals surface area (Å²) in [6, 6.07) is 7.60. The number of aromatic amines is 1. The Labute approximate surface area is 129 Å². The van der Waals surface area contributed by atoms with Gasteiger partial charge in [-0.1, -0.05) is 0 Å². The average molecular weight is 302 g/mol. The molecule has 1 saturated heterocycles. The van der Waals surface area contributed by atoms with Crippen LogP contribution in [0.4, 0.5) is 0 Å². The summed E-state index contributed by atoms with van der Waals surface area (Å²) < 4.78 is 5.25. The van der Waals surface area contributed by atoms with Crippen LogP contribution < -0.4 is 10.3 Å². The first-order valence-corrected chi connectivity index (χ1v) is 7.75. The number of methoxy groups -OCH3 is 1. The van der Waals surface area contributed by atoms with Crippen LogP contribution in [0.1, 0.15) is 24.5 Å². The molecule has 1 aromatic heterocycles. The molecule has 0 saturated carbocycles. The van der Waals surface area contributed by atoms with Crippen molar-refractivity contribution in [3.05, 3.63) is 40.3 Å². The smallest absolute Gasteiger partial charge is 0.256 e. The van der Waals surface area contributed by atoms with Gasteiger partial charge in [-0.2, -0.15) is 0 Å². The van der Waals surface area contributed by atoms with Crippen LogP contribution in [-0.4, -0.2) is 48.3 Å². The number of H-pyrrole nitrogens is 1. The molecule has 1 fully saturated rings. The van der Waals surface area contributed by atoms with Crippen molar-refractivity contribution in [1.82, 2.24) is 9.88 Å². The van der Waals surface area contributed by atoms with Gasteiger partial charge in [-0.3, -0.25) is 4.79 Å². The van der Waals surface area contributed by atoms with Crippen molar-refractivity contribution in [2.24, 2.45) is 0 Å². The summed E-state index contributed by atoms with van der Waals surface area (Å²) in [6.07, 6.45) is 2.01. The number of aliphatic hydroxyl groups is 1. The fourth-order valence-electron chi connectivity index (χ4n) is 3.22. The van der Waals surface area contributed by atoms with Gasteiger partial charge in [0.25, 0.3) is 5.56 Å². The minimum Gasteiger partial charge on any atom is -0.497 e. The summed E-state index contributed by atoms with van der Waals surface area (Å²) in [6.45, 7) is 2.86. The topological polar surface area (TPSA) is 65.6 Å². The lowest BCUT2D eigenvalue weighted by molar-refractivity contribution is 0.163. The zero-order valence-corrected chi connectivity index (χ0v) is 12.8. The van der Waals surface area contributed by atoms with Crippen LogP contribution >= 0.6 is 0 Å². The number of nitrogens with zero attached hydrogens (tertiary/aromatic N) is 1. The molecule has 0 bridgehead atoms. The maximum Gasteiger partial charge on any atom is 0.256 e. The van der Waals surface area contributed by atoms with Gasteiger partial charge in [-0.25, -0.2) is 0 Å². The first kappa shape index (κ1) is 15.1. The molecule has 0 atom stereocenters. The van der Waals surface area contributed by atoms with Crippen LogP contribution in [0.2, 0.25) is 0 Å². The molecule has 5 nitrogen and oxygen atoms in total. The van der Waals surface area contributed by atoms with Gasteiger partial charge >= 0.3 is 0 Å². The molecule has 1 aromatic carbocycles. The molecule has 0 spiro atoms. The van der Waals surface area contributed by atoms with Crippen LogP contribution in [0, 0.1) is 0 Å². The molecule has 0 unspecified atom stereocenters. The van der Waals surface area contributed by atoms with Crippen molar-refractivity contribution >= 4 is 10.8 Å². The largest absolute Gasteiger partial charge is 0.497 e. The van der Waals surface area contributed by atoms with Crippen LogP contribution in [0.5, 0.6) is 5.75 Å². The van der Waals surface area contributed by atoms with Gasteiger partial charge in [0.1, 0.15) is 5.75 Å². The van der Waals surface area contributed by atoms with E-state index in [4.69, 9.17) is 9.84 Å². The summed E-state index contributed by atoms with van der Waals surface area (Å²) in [5.41, 5.74) is 0.974. The third kappa shape index (κ3) is 3.00. The number of hydrogen-bond acceptors (Lipinski definition) is 4. The molecule has 0 amide bonds. The van der Waals surface area contributed by atoms with Crippen molar-refractivity contribution in [2.75, 3.05) is 33.4 Å².